The third-order valence-electron chi connectivity index (χ3n) is 4.57. The lowest BCUT2D eigenvalue weighted by molar-refractivity contribution is -0.122. The highest BCUT2D eigenvalue weighted by atomic mass is 32.1. The molecule has 0 aliphatic carbocycles. The summed E-state index contributed by atoms with van der Waals surface area (Å²) in [7, 11) is 0. The van der Waals surface area contributed by atoms with Crippen molar-refractivity contribution in [3.8, 4) is 5.75 Å². The van der Waals surface area contributed by atoms with Crippen LogP contribution in [0.1, 0.15) is 30.6 Å². The van der Waals surface area contributed by atoms with Gasteiger partial charge >= 0.3 is 0 Å². The van der Waals surface area contributed by atoms with Crippen molar-refractivity contribution in [2.45, 2.75) is 32.9 Å². The number of para-hydroxylation sites is 1. The van der Waals surface area contributed by atoms with E-state index in [1.165, 1.54) is 0 Å². The van der Waals surface area contributed by atoms with Gasteiger partial charge in [0.2, 0.25) is 0 Å². The second kappa shape index (κ2) is 9.89. The van der Waals surface area contributed by atoms with E-state index in [4.69, 9.17) is 17.0 Å². The van der Waals surface area contributed by atoms with Gasteiger partial charge in [-0.1, -0.05) is 25.1 Å². The molecule has 0 spiro atoms. The zero-order valence-corrected chi connectivity index (χ0v) is 17.7. The normalized spacial score (nSPS) is 11.5. The van der Waals surface area contributed by atoms with Crippen molar-refractivity contribution >= 4 is 40.0 Å². The quantitative estimate of drug-likeness (QED) is 0.418. The van der Waals surface area contributed by atoms with Crippen LogP contribution < -0.4 is 20.9 Å². The van der Waals surface area contributed by atoms with Crippen molar-refractivity contribution in [3.05, 3.63) is 66.4 Å². The number of carbonyl (C=O) groups is 2. The SMILES string of the molecule is CCC(C)Oc1ccc(C(=O)NC(=S)NNC(=O)Cn2ccc3ccccc32)cc1. The summed E-state index contributed by atoms with van der Waals surface area (Å²) in [5.74, 6) is 0.0270. The Kier molecular flexibility index (Phi) is 7.03. The van der Waals surface area contributed by atoms with E-state index in [2.05, 4.69) is 16.2 Å². The number of rotatable bonds is 6. The Morgan fingerprint density at radius 1 is 1.07 bits per heavy atom. The van der Waals surface area contributed by atoms with Crippen LogP contribution in [-0.4, -0.2) is 27.6 Å². The molecule has 0 saturated heterocycles. The van der Waals surface area contributed by atoms with Crippen LogP contribution in [0.4, 0.5) is 0 Å². The van der Waals surface area contributed by atoms with Crippen molar-refractivity contribution in [2.24, 2.45) is 0 Å². The Balaban J connectivity index is 1.46. The molecule has 1 heterocycles. The Morgan fingerprint density at radius 3 is 2.53 bits per heavy atom. The smallest absolute Gasteiger partial charge is 0.258 e. The Hall–Kier alpha value is -3.39. The molecule has 1 atom stereocenters. The molecule has 2 aromatic carbocycles. The number of aromatic nitrogens is 1. The van der Waals surface area contributed by atoms with Crippen LogP contribution in [0.15, 0.2) is 60.8 Å². The maximum absolute atomic E-state index is 12.3. The Bertz CT molecular complexity index is 1050. The molecule has 3 N–H and O–H groups in total. The predicted molar refractivity (Wildman–Crippen MR) is 120 cm³/mol. The number of benzene rings is 2. The first-order valence-electron chi connectivity index (χ1n) is 9.67. The van der Waals surface area contributed by atoms with Crippen LogP contribution >= 0.6 is 12.2 Å². The van der Waals surface area contributed by atoms with E-state index in [-0.39, 0.29) is 29.6 Å². The molecule has 2 amide bonds. The topological polar surface area (TPSA) is 84.4 Å². The highest BCUT2D eigenvalue weighted by molar-refractivity contribution is 7.80. The fraction of sp³-hybridized carbons (Fsp3) is 0.227. The van der Waals surface area contributed by atoms with Gasteiger partial charge in [-0.05, 0) is 67.3 Å². The molecular weight excluding hydrogens is 400 g/mol. The fourth-order valence-corrected chi connectivity index (χ4v) is 2.95. The number of hydrogen-bond acceptors (Lipinski definition) is 4. The molecule has 3 rings (SSSR count). The molecule has 0 radical (unpaired) electrons. The van der Waals surface area contributed by atoms with Crippen LogP contribution in [0, 0.1) is 0 Å². The zero-order chi connectivity index (χ0) is 21.5. The molecule has 156 valence electrons. The van der Waals surface area contributed by atoms with E-state index in [0.29, 0.717) is 11.3 Å². The van der Waals surface area contributed by atoms with Crippen LogP contribution in [0.3, 0.4) is 0 Å². The monoisotopic (exact) mass is 424 g/mol. The summed E-state index contributed by atoms with van der Waals surface area (Å²) in [5, 5.41) is 3.59. The molecule has 8 heteroatoms. The summed E-state index contributed by atoms with van der Waals surface area (Å²) in [6.07, 6.45) is 2.85. The summed E-state index contributed by atoms with van der Waals surface area (Å²) in [6.45, 7) is 4.15. The maximum Gasteiger partial charge on any atom is 0.258 e. The number of nitrogens with one attached hydrogen (secondary N) is 3. The van der Waals surface area contributed by atoms with E-state index in [9.17, 15) is 9.59 Å². The van der Waals surface area contributed by atoms with E-state index in [1.54, 1.807) is 24.3 Å². The predicted octanol–water partition coefficient (Wildman–Crippen LogP) is 3.15. The third kappa shape index (κ3) is 5.57. The molecule has 1 unspecified atom stereocenters. The highest BCUT2D eigenvalue weighted by Gasteiger charge is 2.10. The Morgan fingerprint density at radius 2 is 1.80 bits per heavy atom. The van der Waals surface area contributed by atoms with Gasteiger partial charge < -0.3 is 9.30 Å². The third-order valence-corrected chi connectivity index (χ3v) is 4.77. The lowest BCUT2D eigenvalue weighted by Gasteiger charge is -2.13. The molecule has 0 saturated carbocycles. The van der Waals surface area contributed by atoms with Crippen molar-refractivity contribution in [1.29, 1.82) is 0 Å². The molecule has 1 aromatic heterocycles. The van der Waals surface area contributed by atoms with Gasteiger partial charge in [0.25, 0.3) is 11.8 Å². The lowest BCUT2D eigenvalue weighted by atomic mass is 10.2. The van der Waals surface area contributed by atoms with E-state index < -0.39 is 0 Å². The van der Waals surface area contributed by atoms with Crippen LogP contribution in [0.25, 0.3) is 10.9 Å². The van der Waals surface area contributed by atoms with E-state index >= 15 is 0 Å². The van der Waals surface area contributed by atoms with Gasteiger partial charge in [0, 0.05) is 17.3 Å². The van der Waals surface area contributed by atoms with E-state index in [0.717, 1.165) is 17.3 Å². The first-order valence-corrected chi connectivity index (χ1v) is 10.1. The molecule has 0 aliphatic heterocycles. The van der Waals surface area contributed by atoms with Gasteiger partial charge in [-0.25, -0.2) is 0 Å². The second-order valence-electron chi connectivity index (χ2n) is 6.82. The van der Waals surface area contributed by atoms with Crippen LogP contribution in [-0.2, 0) is 11.3 Å². The fourth-order valence-electron chi connectivity index (χ4n) is 2.81. The minimum absolute atomic E-state index is 0.00523. The van der Waals surface area contributed by atoms with Gasteiger partial charge in [-0.3, -0.25) is 25.8 Å². The van der Waals surface area contributed by atoms with Gasteiger partial charge in [0.15, 0.2) is 5.11 Å². The number of hydrazine groups is 1. The standard InChI is InChI=1S/C22H24N4O3S/c1-3-15(2)29-18-10-8-17(9-11-18)21(28)23-22(30)25-24-20(27)14-26-13-12-16-6-4-5-7-19(16)26/h4-13,15H,3,14H2,1-2H3,(H,24,27)(H2,23,25,28,30). The lowest BCUT2D eigenvalue weighted by Crippen LogP contribution is -2.49. The van der Waals surface area contributed by atoms with Crippen LogP contribution in [0.5, 0.6) is 5.75 Å². The van der Waals surface area contributed by atoms with Crippen molar-refractivity contribution < 1.29 is 14.3 Å². The molecule has 0 aliphatic rings. The molecule has 0 bridgehead atoms. The summed E-state index contributed by atoms with van der Waals surface area (Å²) in [4.78, 5) is 24.5. The largest absolute Gasteiger partial charge is 0.491 e. The number of amides is 2. The number of ether oxygens (including phenoxy) is 1. The van der Waals surface area contributed by atoms with Gasteiger partial charge in [-0.15, -0.1) is 0 Å². The highest BCUT2D eigenvalue weighted by Crippen LogP contribution is 2.15. The van der Waals surface area contributed by atoms with Crippen LogP contribution in [0.2, 0.25) is 0 Å². The Labute approximate surface area is 180 Å². The van der Waals surface area contributed by atoms with Gasteiger partial charge in [-0.2, -0.15) is 0 Å². The van der Waals surface area contributed by atoms with Gasteiger partial charge in [0.05, 0.1) is 6.10 Å². The summed E-state index contributed by atoms with van der Waals surface area (Å²) in [6, 6.07) is 16.5. The summed E-state index contributed by atoms with van der Waals surface area (Å²) >= 11 is 5.08. The van der Waals surface area contributed by atoms with Crippen molar-refractivity contribution in [3.63, 3.8) is 0 Å². The molecule has 3 aromatic rings. The molecule has 30 heavy (non-hydrogen) atoms. The second-order valence-corrected chi connectivity index (χ2v) is 7.23. The van der Waals surface area contributed by atoms with E-state index in [1.807, 2.05) is 54.9 Å². The number of nitrogens with zero attached hydrogens (tertiary/aromatic N) is 1. The first-order chi connectivity index (χ1) is 14.5. The van der Waals surface area contributed by atoms with Crippen molar-refractivity contribution in [2.75, 3.05) is 0 Å². The minimum Gasteiger partial charge on any atom is -0.491 e. The number of carbonyl (C=O) groups excluding carboxylic acids is 2. The molecule has 0 fully saturated rings. The first kappa shape index (κ1) is 21.3. The molecular formula is C22H24N4O3S. The van der Waals surface area contributed by atoms with Crippen molar-refractivity contribution in [1.82, 2.24) is 20.7 Å². The number of hydrogen-bond donors (Lipinski definition) is 3. The zero-order valence-electron chi connectivity index (χ0n) is 16.8. The van der Waals surface area contributed by atoms with Gasteiger partial charge in [0.1, 0.15) is 12.3 Å². The number of fused-ring (bicyclic) bond motifs is 1. The molecule has 7 nitrogen and oxygen atoms in total. The summed E-state index contributed by atoms with van der Waals surface area (Å²) < 4.78 is 7.53. The summed E-state index contributed by atoms with van der Waals surface area (Å²) in [5.41, 5.74) is 6.44. The average molecular weight is 425 g/mol. The number of thiocarbonyl (C=S) groups is 1. The maximum atomic E-state index is 12.3. The average Bonchev–Trinajstić information content (AvgIpc) is 3.15. The minimum atomic E-state index is -0.381.